The second-order valence-electron chi connectivity index (χ2n) is 5.71. The molecule has 1 aliphatic carbocycles. The molecule has 1 saturated carbocycles. The van der Waals surface area contributed by atoms with Gasteiger partial charge >= 0.3 is 0 Å². The lowest BCUT2D eigenvalue weighted by Gasteiger charge is -2.16. The quantitative estimate of drug-likeness (QED) is 0.813. The molecule has 3 atom stereocenters. The molecule has 3 nitrogen and oxygen atoms in total. The SMILES string of the molecule is CCCCC(CN)NC(=O)C1CC1c1ccc(F)c(F)c1. The van der Waals surface area contributed by atoms with Crippen LogP contribution in [0.1, 0.15) is 44.1 Å². The lowest BCUT2D eigenvalue weighted by atomic mass is 10.1. The third-order valence-corrected chi connectivity index (χ3v) is 4.04. The fourth-order valence-corrected chi connectivity index (χ4v) is 2.60. The highest BCUT2D eigenvalue weighted by Gasteiger charge is 2.44. The normalized spacial score (nSPS) is 21.9. The van der Waals surface area contributed by atoms with Gasteiger partial charge in [-0.05, 0) is 36.5 Å². The van der Waals surface area contributed by atoms with Gasteiger partial charge in [-0.1, -0.05) is 25.8 Å². The Morgan fingerprint density at radius 3 is 2.81 bits per heavy atom. The van der Waals surface area contributed by atoms with E-state index in [-0.39, 0.29) is 23.8 Å². The number of unbranched alkanes of at least 4 members (excludes halogenated alkanes) is 1. The van der Waals surface area contributed by atoms with Gasteiger partial charge in [-0.3, -0.25) is 4.79 Å². The zero-order chi connectivity index (χ0) is 15.4. The van der Waals surface area contributed by atoms with Crippen molar-refractivity contribution < 1.29 is 13.6 Å². The van der Waals surface area contributed by atoms with E-state index >= 15 is 0 Å². The first kappa shape index (κ1) is 15.9. The Balaban J connectivity index is 1.89. The summed E-state index contributed by atoms with van der Waals surface area (Å²) < 4.78 is 26.1. The smallest absolute Gasteiger partial charge is 0.224 e. The number of benzene rings is 1. The minimum absolute atomic E-state index is 0.00338. The molecule has 1 aromatic carbocycles. The van der Waals surface area contributed by atoms with Gasteiger partial charge < -0.3 is 11.1 Å². The van der Waals surface area contributed by atoms with E-state index < -0.39 is 11.6 Å². The predicted octanol–water partition coefficient (Wildman–Crippen LogP) is 2.70. The molecule has 0 spiro atoms. The van der Waals surface area contributed by atoms with Crippen molar-refractivity contribution in [3.8, 4) is 0 Å². The van der Waals surface area contributed by atoms with E-state index in [0.717, 1.165) is 25.3 Å². The Morgan fingerprint density at radius 2 is 2.19 bits per heavy atom. The van der Waals surface area contributed by atoms with Crippen molar-refractivity contribution in [1.82, 2.24) is 5.32 Å². The number of rotatable bonds is 7. The van der Waals surface area contributed by atoms with Gasteiger partial charge in [-0.2, -0.15) is 0 Å². The minimum Gasteiger partial charge on any atom is -0.352 e. The van der Waals surface area contributed by atoms with Gasteiger partial charge in [-0.25, -0.2) is 8.78 Å². The van der Waals surface area contributed by atoms with E-state index in [1.807, 2.05) is 0 Å². The van der Waals surface area contributed by atoms with Gasteiger partial charge in [0.05, 0.1) is 0 Å². The Kier molecular flexibility index (Phi) is 5.28. The monoisotopic (exact) mass is 296 g/mol. The molecule has 1 aromatic rings. The standard InChI is InChI=1S/C16H22F2N2O/c1-2-3-4-11(9-19)20-16(21)13-8-12(13)10-5-6-14(17)15(18)7-10/h5-7,11-13H,2-4,8-9,19H2,1H3,(H,20,21). The molecule has 21 heavy (non-hydrogen) atoms. The summed E-state index contributed by atoms with van der Waals surface area (Å²) in [5.41, 5.74) is 6.35. The number of carbonyl (C=O) groups is 1. The Morgan fingerprint density at radius 1 is 1.43 bits per heavy atom. The van der Waals surface area contributed by atoms with Crippen LogP contribution in [0.3, 0.4) is 0 Å². The number of nitrogens with two attached hydrogens (primary N) is 1. The van der Waals surface area contributed by atoms with Crippen molar-refractivity contribution in [2.45, 2.75) is 44.6 Å². The Hall–Kier alpha value is -1.49. The van der Waals surface area contributed by atoms with Crippen LogP contribution in [0.5, 0.6) is 0 Å². The van der Waals surface area contributed by atoms with E-state index in [1.54, 1.807) is 6.07 Å². The van der Waals surface area contributed by atoms with Gasteiger partial charge in [0.15, 0.2) is 11.6 Å². The fourth-order valence-electron chi connectivity index (χ4n) is 2.60. The van der Waals surface area contributed by atoms with E-state index in [4.69, 9.17) is 5.73 Å². The van der Waals surface area contributed by atoms with Crippen molar-refractivity contribution in [3.05, 3.63) is 35.4 Å². The van der Waals surface area contributed by atoms with E-state index in [9.17, 15) is 13.6 Å². The van der Waals surface area contributed by atoms with Crippen molar-refractivity contribution >= 4 is 5.91 Å². The molecule has 0 radical (unpaired) electrons. The molecule has 0 aromatic heterocycles. The molecule has 116 valence electrons. The van der Waals surface area contributed by atoms with Crippen LogP contribution in [-0.4, -0.2) is 18.5 Å². The van der Waals surface area contributed by atoms with Crippen molar-refractivity contribution in [3.63, 3.8) is 0 Å². The molecule has 0 heterocycles. The predicted molar refractivity (Wildman–Crippen MR) is 77.7 cm³/mol. The van der Waals surface area contributed by atoms with Gasteiger partial charge in [0.25, 0.3) is 0 Å². The van der Waals surface area contributed by atoms with Crippen LogP contribution in [-0.2, 0) is 4.79 Å². The lowest BCUT2D eigenvalue weighted by molar-refractivity contribution is -0.123. The average molecular weight is 296 g/mol. The van der Waals surface area contributed by atoms with Crippen LogP contribution in [0.2, 0.25) is 0 Å². The molecule has 2 rings (SSSR count). The number of halogens is 2. The number of amides is 1. The van der Waals surface area contributed by atoms with E-state index in [1.165, 1.54) is 6.07 Å². The first-order valence-electron chi connectivity index (χ1n) is 7.52. The number of hydrogen-bond acceptors (Lipinski definition) is 2. The zero-order valence-corrected chi connectivity index (χ0v) is 12.2. The molecule has 3 N–H and O–H groups in total. The van der Waals surface area contributed by atoms with Crippen LogP contribution in [0, 0.1) is 17.6 Å². The average Bonchev–Trinajstić information content (AvgIpc) is 3.26. The number of nitrogens with one attached hydrogen (secondary N) is 1. The zero-order valence-electron chi connectivity index (χ0n) is 12.2. The third-order valence-electron chi connectivity index (χ3n) is 4.04. The highest BCUT2D eigenvalue weighted by atomic mass is 19.2. The molecule has 0 aliphatic heterocycles. The number of carbonyl (C=O) groups excluding carboxylic acids is 1. The maximum absolute atomic E-state index is 13.2. The van der Waals surface area contributed by atoms with E-state index in [2.05, 4.69) is 12.2 Å². The van der Waals surface area contributed by atoms with Gasteiger partial charge in [0.1, 0.15) is 0 Å². The molecule has 0 bridgehead atoms. The molecular weight excluding hydrogens is 274 g/mol. The largest absolute Gasteiger partial charge is 0.352 e. The van der Waals surface area contributed by atoms with Crippen LogP contribution in [0.4, 0.5) is 8.78 Å². The Bertz CT molecular complexity index is 507. The van der Waals surface area contributed by atoms with Crippen LogP contribution in [0.25, 0.3) is 0 Å². The molecule has 1 aliphatic rings. The van der Waals surface area contributed by atoms with E-state index in [0.29, 0.717) is 18.5 Å². The van der Waals surface area contributed by atoms with Gasteiger partial charge in [-0.15, -0.1) is 0 Å². The summed E-state index contributed by atoms with van der Waals surface area (Å²) in [5.74, 6) is -1.91. The first-order valence-corrected chi connectivity index (χ1v) is 7.52. The summed E-state index contributed by atoms with van der Waals surface area (Å²) in [6.45, 7) is 2.52. The minimum atomic E-state index is -0.860. The summed E-state index contributed by atoms with van der Waals surface area (Å²) in [6.07, 6.45) is 3.65. The molecule has 1 fully saturated rings. The first-order chi connectivity index (χ1) is 10.1. The van der Waals surface area contributed by atoms with Gasteiger partial charge in [0, 0.05) is 18.5 Å². The lowest BCUT2D eigenvalue weighted by Crippen LogP contribution is -2.41. The second kappa shape index (κ2) is 6.98. The van der Waals surface area contributed by atoms with Crippen LogP contribution >= 0.6 is 0 Å². The molecule has 0 saturated heterocycles. The van der Waals surface area contributed by atoms with Crippen molar-refractivity contribution in [2.75, 3.05) is 6.54 Å². The van der Waals surface area contributed by atoms with Crippen LogP contribution in [0.15, 0.2) is 18.2 Å². The summed E-state index contributed by atoms with van der Waals surface area (Å²) in [6, 6.07) is 3.85. The molecule has 5 heteroatoms. The van der Waals surface area contributed by atoms with Crippen molar-refractivity contribution in [2.24, 2.45) is 11.7 Å². The topological polar surface area (TPSA) is 55.1 Å². The van der Waals surface area contributed by atoms with Crippen LogP contribution < -0.4 is 11.1 Å². The summed E-state index contributed by atoms with van der Waals surface area (Å²) >= 11 is 0. The summed E-state index contributed by atoms with van der Waals surface area (Å²) in [7, 11) is 0. The third kappa shape index (κ3) is 4.00. The molecule has 1 amide bonds. The second-order valence-corrected chi connectivity index (χ2v) is 5.71. The molecule has 3 unspecified atom stereocenters. The highest BCUT2D eigenvalue weighted by Crippen LogP contribution is 2.47. The fraction of sp³-hybridized carbons (Fsp3) is 0.562. The Labute approximate surface area is 123 Å². The maximum Gasteiger partial charge on any atom is 0.224 e. The molecular formula is C16H22F2N2O. The highest BCUT2D eigenvalue weighted by molar-refractivity contribution is 5.83. The summed E-state index contributed by atoms with van der Waals surface area (Å²) in [4.78, 5) is 12.1. The summed E-state index contributed by atoms with van der Waals surface area (Å²) in [5, 5.41) is 2.96. The van der Waals surface area contributed by atoms with Gasteiger partial charge in [0.2, 0.25) is 5.91 Å². The van der Waals surface area contributed by atoms with Crippen molar-refractivity contribution in [1.29, 1.82) is 0 Å². The maximum atomic E-state index is 13.2. The number of hydrogen-bond donors (Lipinski definition) is 2.